The molecule has 118 valence electrons. The molecule has 5 heteroatoms. The summed E-state index contributed by atoms with van der Waals surface area (Å²) in [5.74, 6) is 1.43. The Morgan fingerprint density at radius 3 is 2.17 bits per heavy atom. The average molecular weight is 347 g/mol. The maximum Gasteiger partial charge on any atom is 0.209 e. The third kappa shape index (κ3) is 4.35. The zero-order valence-corrected chi connectivity index (χ0v) is 14.2. The number of benzene rings is 2. The molecule has 23 heavy (non-hydrogen) atoms. The van der Waals surface area contributed by atoms with E-state index in [2.05, 4.69) is 9.88 Å². The fraction of sp³-hybridized carbons (Fsp3) is 0.167. The minimum atomic E-state index is 0.635. The molecule has 0 spiro atoms. The monoisotopic (exact) mass is 346 g/mol. The van der Waals surface area contributed by atoms with Crippen LogP contribution in [0.5, 0.6) is 0 Å². The Labute approximate surface area is 145 Å². The standard InChI is InChI=1S/C18H16Cl2N2O/c1-22(11-13-2-6-15(19)7-3-13)12-18-21-10-17(23-18)14-4-8-16(20)9-5-14/h2-10H,11-12H2,1H3. The van der Waals surface area contributed by atoms with E-state index in [1.165, 1.54) is 5.56 Å². The summed E-state index contributed by atoms with van der Waals surface area (Å²) in [5, 5.41) is 1.45. The number of oxazole rings is 1. The fourth-order valence-corrected chi connectivity index (χ4v) is 2.57. The zero-order chi connectivity index (χ0) is 16.2. The molecule has 0 radical (unpaired) electrons. The van der Waals surface area contributed by atoms with Crippen LogP contribution in [0.4, 0.5) is 0 Å². The van der Waals surface area contributed by atoms with Crippen LogP contribution in [0.25, 0.3) is 11.3 Å². The van der Waals surface area contributed by atoms with Crippen molar-refractivity contribution < 1.29 is 4.42 Å². The van der Waals surface area contributed by atoms with Gasteiger partial charge in [0.25, 0.3) is 0 Å². The lowest BCUT2D eigenvalue weighted by atomic mass is 10.2. The van der Waals surface area contributed by atoms with Crippen molar-refractivity contribution in [2.75, 3.05) is 7.05 Å². The number of rotatable bonds is 5. The first-order chi connectivity index (χ1) is 11.1. The number of hydrogen-bond donors (Lipinski definition) is 0. The normalized spacial score (nSPS) is 11.1. The van der Waals surface area contributed by atoms with E-state index < -0.39 is 0 Å². The highest BCUT2D eigenvalue weighted by Crippen LogP contribution is 2.23. The van der Waals surface area contributed by atoms with Gasteiger partial charge in [0.1, 0.15) is 0 Å². The van der Waals surface area contributed by atoms with Gasteiger partial charge in [-0.1, -0.05) is 35.3 Å². The van der Waals surface area contributed by atoms with Gasteiger partial charge in [0.15, 0.2) is 5.76 Å². The molecule has 0 amide bonds. The molecule has 3 nitrogen and oxygen atoms in total. The van der Waals surface area contributed by atoms with Crippen LogP contribution in [0.2, 0.25) is 10.0 Å². The fourth-order valence-electron chi connectivity index (χ4n) is 2.32. The SMILES string of the molecule is CN(Cc1ccc(Cl)cc1)Cc1ncc(-c2ccc(Cl)cc2)o1. The summed E-state index contributed by atoms with van der Waals surface area (Å²) < 4.78 is 5.82. The van der Waals surface area contributed by atoms with Crippen molar-refractivity contribution in [2.24, 2.45) is 0 Å². The molecule has 0 saturated heterocycles. The first-order valence-electron chi connectivity index (χ1n) is 7.24. The molecule has 1 aromatic heterocycles. The van der Waals surface area contributed by atoms with Crippen LogP contribution in [0.3, 0.4) is 0 Å². The van der Waals surface area contributed by atoms with Crippen LogP contribution < -0.4 is 0 Å². The van der Waals surface area contributed by atoms with Gasteiger partial charge in [0.05, 0.1) is 12.7 Å². The summed E-state index contributed by atoms with van der Waals surface area (Å²) in [6, 6.07) is 15.4. The predicted molar refractivity (Wildman–Crippen MR) is 93.6 cm³/mol. The molecule has 0 aliphatic rings. The second kappa shape index (κ2) is 7.18. The Kier molecular flexibility index (Phi) is 5.01. The van der Waals surface area contributed by atoms with Gasteiger partial charge >= 0.3 is 0 Å². The second-order valence-corrected chi connectivity index (χ2v) is 6.30. The van der Waals surface area contributed by atoms with E-state index in [1.807, 2.05) is 55.6 Å². The minimum Gasteiger partial charge on any atom is -0.439 e. The molecule has 2 aromatic carbocycles. The van der Waals surface area contributed by atoms with Gasteiger partial charge in [-0.15, -0.1) is 0 Å². The Morgan fingerprint density at radius 2 is 1.52 bits per heavy atom. The molecule has 0 aliphatic heterocycles. The van der Waals surface area contributed by atoms with Crippen molar-refractivity contribution >= 4 is 23.2 Å². The molecule has 1 heterocycles. The lowest BCUT2D eigenvalue weighted by Gasteiger charge is -2.14. The number of aromatic nitrogens is 1. The van der Waals surface area contributed by atoms with Crippen LogP contribution in [-0.2, 0) is 13.1 Å². The van der Waals surface area contributed by atoms with Crippen molar-refractivity contribution in [1.82, 2.24) is 9.88 Å². The van der Waals surface area contributed by atoms with Crippen molar-refractivity contribution in [3.8, 4) is 11.3 Å². The predicted octanol–water partition coefficient (Wildman–Crippen LogP) is 5.28. The van der Waals surface area contributed by atoms with Gasteiger partial charge < -0.3 is 4.42 Å². The van der Waals surface area contributed by atoms with Crippen LogP contribution in [-0.4, -0.2) is 16.9 Å². The van der Waals surface area contributed by atoms with Gasteiger partial charge in [-0.2, -0.15) is 0 Å². The summed E-state index contributed by atoms with van der Waals surface area (Å²) >= 11 is 11.8. The Morgan fingerprint density at radius 1 is 0.913 bits per heavy atom. The molecule has 0 aliphatic carbocycles. The first-order valence-corrected chi connectivity index (χ1v) is 7.99. The molecular formula is C18H16Cl2N2O. The van der Waals surface area contributed by atoms with E-state index in [0.717, 1.165) is 22.9 Å². The quantitative estimate of drug-likeness (QED) is 0.629. The summed E-state index contributed by atoms with van der Waals surface area (Å²) in [5.41, 5.74) is 2.16. The molecule has 3 rings (SSSR count). The molecule has 0 saturated carbocycles. The molecule has 0 fully saturated rings. The van der Waals surface area contributed by atoms with Gasteiger partial charge in [-0.05, 0) is 49.0 Å². The van der Waals surface area contributed by atoms with Crippen molar-refractivity contribution in [3.05, 3.63) is 76.2 Å². The summed E-state index contributed by atoms with van der Waals surface area (Å²) in [7, 11) is 2.03. The Hall–Kier alpha value is -1.81. The van der Waals surface area contributed by atoms with Crippen molar-refractivity contribution in [1.29, 1.82) is 0 Å². The third-order valence-corrected chi connectivity index (χ3v) is 3.96. The van der Waals surface area contributed by atoms with Gasteiger partial charge in [-0.3, -0.25) is 4.90 Å². The first kappa shape index (κ1) is 16.1. The van der Waals surface area contributed by atoms with Crippen LogP contribution >= 0.6 is 23.2 Å². The van der Waals surface area contributed by atoms with E-state index in [0.29, 0.717) is 17.5 Å². The maximum absolute atomic E-state index is 5.90. The molecule has 0 atom stereocenters. The molecule has 0 unspecified atom stereocenters. The third-order valence-electron chi connectivity index (χ3n) is 3.45. The Balaban J connectivity index is 1.64. The largest absolute Gasteiger partial charge is 0.439 e. The number of hydrogen-bond acceptors (Lipinski definition) is 3. The minimum absolute atomic E-state index is 0.635. The van der Waals surface area contributed by atoms with E-state index in [4.69, 9.17) is 27.6 Å². The highest BCUT2D eigenvalue weighted by molar-refractivity contribution is 6.30. The summed E-state index contributed by atoms with van der Waals surface area (Å²) in [4.78, 5) is 6.49. The van der Waals surface area contributed by atoms with E-state index in [-0.39, 0.29) is 0 Å². The van der Waals surface area contributed by atoms with Gasteiger partial charge in [0, 0.05) is 22.2 Å². The highest BCUT2D eigenvalue weighted by atomic mass is 35.5. The summed E-state index contributed by atoms with van der Waals surface area (Å²) in [6.45, 7) is 1.44. The number of halogens is 2. The average Bonchev–Trinajstić information content (AvgIpc) is 2.98. The maximum atomic E-state index is 5.90. The molecule has 3 aromatic rings. The van der Waals surface area contributed by atoms with Gasteiger partial charge in [0.2, 0.25) is 5.89 Å². The van der Waals surface area contributed by atoms with Gasteiger partial charge in [-0.25, -0.2) is 4.98 Å². The highest BCUT2D eigenvalue weighted by Gasteiger charge is 2.09. The zero-order valence-electron chi connectivity index (χ0n) is 12.7. The van der Waals surface area contributed by atoms with E-state index in [9.17, 15) is 0 Å². The van der Waals surface area contributed by atoms with E-state index >= 15 is 0 Å². The lowest BCUT2D eigenvalue weighted by molar-refractivity contribution is 0.283. The van der Waals surface area contributed by atoms with Crippen molar-refractivity contribution in [2.45, 2.75) is 13.1 Å². The Bertz CT molecular complexity index is 766. The molecular weight excluding hydrogens is 331 g/mol. The lowest BCUT2D eigenvalue weighted by Crippen LogP contribution is -2.17. The summed E-state index contributed by atoms with van der Waals surface area (Å²) in [6.07, 6.45) is 1.74. The van der Waals surface area contributed by atoms with E-state index in [1.54, 1.807) is 6.20 Å². The van der Waals surface area contributed by atoms with Crippen LogP contribution in [0.1, 0.15) is 11.5 Å². The van der Waals surface area contributed by atoms with Crippen molar-refractivity contribution in [3.63, 3.8) is 0 Å². The smallest absolute Gasteiger partial charge is 0.209 e. The van der Waals surface area contributed by atoms with Crippen LogP contribution in [0, 0.1) is 0 Å². The molecule has 0 bridgehead atoms. The topological polar surface area (TPSA) is 29.3 Å². The second-order valence-electron chi connectivity index (χ2n) is 5.42. The number of nitrogens with zero attached hydrogens (tertiary/aromatic N) is 2. The van der Waals surface area contributed by atoms with Crippen LogP contribution in [0.15, 0.2) is 59.1 Å². The molecule has 0 N–H and O–H groups in total.